The van der Waals surface area contributed by atoms with Gasteiger partial charge in [0.2, 0.25) is 0 Å². The van der Waals surface area contributed by atoms with Gasteiger partial charge in [0.25, 0.3) is 0 Å². The molecule has 0 amide bonds. The molecule has 0 saturated carbocycles. The fraction of sp³-hybridized carbons (Fsp3) is 0.0952. The van der Waals surface area contributed by atoms with Gasteiger partial charge in [-0.2, -0.15) is 0 Å². The zero-order valence-corrected chi connectivity index (χ0v) is 15.7. The molecule has 4 nitrogen and oxygen atoms in total. The fourth-order valence-electron chi connectivity index (χ4n) is 2.51. The van der Waals surface area contributed by atoms with Crippen molar-refractivity contribution in [2.24, 2.45) is 0 Å². The largest absolute Gasteiger partial charge is 0.478 e. The predicted octanol–water partition coefficient (Wildman–Crippen LogP) is 5.86. The molecule has 1 atom stereocenters. The van der Waals surface area contributed by atoms with Crippen LogP contribution in [0.5, 0.6) is 17.2 Å². The molecular formula is C21H16Cl2O4. The number of benzene rings is 3. The second-order valence-corrected chi connectivity index (χ2v) is 6.65. The second kappa shape index (κ2) is 8.80. The predicted molar refractivity (Wildman–Crippen MR) is 105 cm³/mol. The molecule has 0 spiro atoms. The smallest absolute Gasteiger partial charge is 0.345 e. The number of carbonyl (C=O) groups is 1. The molecule has 6 heteroatoms. The maximum absolute atomic E-state index is 11.7. The molecule has 0 aliphatic heterocycles. The third-order valence-electron chi connectivity index (χ3n) is 3.75. The van der Waals surface area contributed by atoms with Crippen molar-refractivity contribution in [3.63, 3.8) is 0 Å². The highest BCUT2D eigenvalue weighted by Crippen LogP contribution is 2.30. The second-order valence-electron chi connectivity index (χ2n) is 5.77. The van der Waals surface area contributed by atoms with Crippen LogP contribution < -0.4 is 9.47 Å². The average Bonchev–Trinajstić information content (AvgIpc) is 2.64. The molecule has 1 N–H and O–H groups in total. The molecule has 0 radical (unpaired) electrons. The Labute approximate surface area is 166 Å². The monoisotopic (exact) mass is 402 g/mol. The normalized spacial score (nSPS) is 11.6. The van der Waals surface area contributed by atoms with E-state index in [0.29, 0.717) is 32.9 Å². The van der Waals surface area contributed by atoms with Crippen LogP contribution >= 0.6 is 23.2 Å². The van der Waals surface area contributed by atoms with Crippen LogP contribution in [-0.2, 0) is 11.2 Å². The van der Waals surface area contributed by atoms with Gasteiger partial charge in [0.05, 0.1) is 0 Å². The van der Waals surface area contributed by atoms with E-state index in [1.165, 1.54) is 0 Å². The zero-order valence-electron chi connectivity index (χ0n) is 14.1. The van der Waals surface area contributed by atoms with Gasteiger partial charge in [0.1, 0.15) is 17.2 Å². The van der Waals surface area contributed by atoms with Gasteiger partial charge in [-0.1, -0.05) is 47.5 Å². The molecule has 0 bridgehead atoms. The number of para-hydroxylation sites is 1. The molecule has 3 rings (SSSR count). The van der Waals surface area contributed by atoms with E-state index in [1.54, 1.807) is 42.5 Å². The SMILES string of the molecule is O=C(O)[C@H](Cc1cc(Cl)ccc1Oc1ccccc1)Oc1cccc(Cl)c1. The molecule has 138 valence electrons. The number of halogens is 2. The Morgan fingerprint density at radius 3 is 2.30 bits per heavy atom. The summed E-state index contributed by atoms with van der Waals surface area (Å²) in [6, 6.07) is 20.9. The summed E-state index contributed by atoms with van der Waals surface area (Å²) in [5.74, 6) is 0.443. The molecule has 0 aliphatic carbocycles. The van der Waals surface area contributed by atoms with Crippen LogP contribution in [0.2, 0.25) is 10.0 Å². The van der Waals surface area contributed by atoms with E-state index in [2.05, 4.69) is 0 Å². The van der Waals surface area contributed by atoms with E-state index in [9.17, 15) is 9.90 Å². The quantitative estimate of drug-likeness (QED) is 0.537. The van der Waals surface area contributed by atoms with Gasteiger partial charge >= 0.3 is 5.97 Å². The van der Waals surface area contributed by atoms with Crippen molar-refractivity contribution in [2.75, 3.05) is 0 Å². The number of ether oxygens (including phenoxy) is 2. The first kappa shape index (κ1) is 19.1. The Bertz CT molecular complexity index is 928. The van der Waals surface area contributed by atoms with Gasteiger partial charge in [0.15, 0.2) is 6.10 Å². The summed E-state index contributed by atoms with van der Waals surface area (Å²) in [6.07, 6.45) is -1.05. The van der Waals surface area contributed by atoms with Crippen molar-refractivity contribution in [2.45, 2.75) is 12.5 Å². The van der Waals surface area contributed by atoms with Gasteiger partial charge < -0.3 is 14.6 Å². The average molecular weight is 403 g/mol. The summed E-state index contributed by atoms with van der Waals surface area (Å²) in [5.41, 5.74) is 0.626. The van der Waals surface area contributed by atoms with Crippen LogP contribution in [-0.4, -0.2) is 17.2 Å². The van der Waals surface area contributed by atoms with Crippen LogP contribution in [0.1, 0.15) is 5.56 Å². The maximum atomic E-state index is 11.7. The van der Waals surface area contributed by atoms with E-state index in [0.717, 1.165) is 0 Å². The number of aliphatic carboxylic acids is 1. The lowest BCUT2D eigenvalue weighted by Crippen LogP contribution is -2.29. The summed E-state index contributed by atoms with van der Waals surface area (Å²) >= 11 is 12.0. The molecule has 0 fully saturated rings. The van der Waals surface area contributed by atoms with Gasteiger partial charge in [-0.25, -0.2) is 4.79 Å². The third-order valence-corrected chi connectivity index (χ3v) is 4.22. The molecule has 0 aliphatic rings. The summed E-state index contributed by atoms with van der Waals surface area (Å²) < 4.78 is 11.5. The highest BCUT2D eigenvalue weighted by atomic mass is 35.5. The van der Waals surface area contributed by atoms with Gasteiger partial charge in [-0.15, -0.1) is 0 Å². The molecule has 3 aromatic carbocycles. The molecule has 27 heavy (non-hydrogen) atoms. The molecule has 0 heterocycles. The van der Waals surface area contributed by atoms with E-state index >= 15 is 0 Å². The summed E-state index contributed by atoms with van der Waals surface area (Å²) in [7, 11) is 0. The molecule has 0 unspecified atom stereocenters. The van der Waals surface area contributed by atoms with Crippen LogP contribution in [0, 0.1) is 0 Å². The van der Waals surface area contributed by atoms with Crippen molar-refractivity contribution in [1.82, 2.24) is 0 Å². The van der Waals surface area contributed by atoms with Crippen molar-refractivity contribution in [3.8, 4) is 17.2 Å². The van der Waals surface area contributed by atoms with Crippen molar-refractivity contribution >= 4 is 29.2 Å². The Kier molecular flexibility index (Phi) is 6.22. The van der Waals surface area contributed by atoms with Crippen LogP contribution in [0.4, 0.5) is 0 Å². The highest BCUT2D eigenvalue weighted by Gasteiger charge is 2.22. The lowest BCUT2D eigenvalue weighted by atomic mass is 10.1. The van der Waals surface area contributed by atoms with Gasteiger partial charge in [-0.05, 0) is 48.5 Å². The van der Waals surface area contributed by atoms with Gasteiger partial charge in [-0.3, -0.25) is 0 Å². The van der Waals surface area contributed by atoms with E-state index < -0.39 is 12.1 Å². The number of hydrogen-bond acceptors (Lipinski definition) is 3. The lowest BCUT2D eigenvalue weighted by molar-refractivity contribution is -0.145. The minimum absolute atomic E-state index is 0.0740. The number of carboxylic acid groups (broad SMARTS) is 1. The molecular weight excluding hydrogens is 387 g/mol. The fourth-order valence-corrected chi connectivity index (χ4v) is 2.88. The first-order valence-corrected chi connectivity index (χ1v) is 8.93. The molecule has 0 saturated heterocycles. The molecule has 3 aromatic rings. The van der Waals surface area contributed by atoms with Gasteiger partial charge in [0, 0.05) is 22.0 Å². The van der Waals surface area contributed by atoms with Crippen molar-refractivity contribution < 1.29 is 19.4 Å². The Morgan fingerprint density at radius 2 is 1.59 bits per heavy atom. The van der Waals surface area contributed by atoms with E-state index in [-0.39, 0.29) is 6.42 Å². The van der Waals surface area contributed by atoms with E-state index in [4.69, 9.17) is 32.7 Å². The first-order chi connectivity index (χ1) is 13.0. The number of rotatable bonds is 7. The Balaban J connectivity index is 1.85. The van der Waals surface area contributed by atoms with Crippen molar-refractivity contribution in [1.29, 1.82) is 0 Å². The standard InChI is InChI=1S/C21H16Cl2O4/c22-15-5-4-8-18(13-15)27-20(21(24)25)12-14-11-16(23)9-10-19(14)26-17-6-2-1-3-7-17/h1-11,13,20H,12H2,(H,24,25)/t20-/m0/s1. The maximum Gasteiger partial charge on any atom is 0.345 e. The van der Waals surface area contributed by atoms with Crippen LogP contribution in [0.3, 0.4) is 0 Å². The lowest BCUT2D eigenvalue weighted by Gasteiger charge is -2.18. The highest BCUT2D eigenvalue weighted by molar-refractivity contribution is 6.31. The minimum Gasteiger partial charge on any atom is -0.478 e. The Hall–Kier alpha value is -2.69. The summed E-state index contributed by atoms with van der Waals surface area (Å²) in [5, 5.41) is 10.5. The molecule has 0 aromatic heterocycles. The first-order valence-electron chi connectivity index (χ1n) is 8.17. The summed E-state index contributed by atoms with van der Waals surface area (Å²) in [6.45, 7) is 0. The topological polar surface area (TPSA) is 55.8 Å². The summed E-state index contributed by atoms with van der Waals surface area (Å²) in [4.78, 5) is 11.7. The van der Waals surface area contributed by atoms with Crippen molar-refractivity contribution in [3.05, 3.63) is 88.4 Å². The zero-order chi connectivity index (χ0) is 19.2. The number of hydrogen-bond donors (Lipinski definition) is 1. The van der Waals surface area contributed by atoms with E-state index in [1.807, 2.05) is 30.3 Å². The minimum atomic E-state index is -1.12. The van der Waals surface area contributed by atoms with Crippen LogP contribution in [0.15, 0.2) is 72.8 Å². The Morgan fingerprint density at radius 1 is 0.889 bits per heavy atom. The van der Waals surface area contributed by atoms with Crippen LogP contribution in [0.25, 0.3) is 0 Å². The number of carboxylic acids is 1. The third kappa shape index (κ3) is 5.39.